The van der Waals surface area contributed by atoms with Crippen molar-refractivity contribution in [3.63, 3.8) is 0 Å². The Hall–Kier alpha value is -2.98. The monoisotopic (exact) mass is 359 g/mol. The van der Waals surface area contributed by atoms with Crippen LogP contribution in [0, 0.1) is 5.82 Å². The third-order valence-corrected chi connectivity index (χ3v) is 5.23. The van der Waals surface area contributed by atoms with Crippen LogP contribution in [0.2, 0.25) is 0 Å². The molecule has 1 aliphatic heterocycles. The van der Waals surface area contributed by atoms with E-state index in [2.05, 4.69) is 47.8 Å². The average Bonchev–Trinajstić information content (AvgIpc) is 2.64. The average molecular weight is 359 g/mol. The lowest BCUT2D eigenvalue weighted by Crippen LogP contribution is -2.33. The minimum atomic E-state index is -0.258. The highest BCUT2D eigenvalue weighted by atomic mass is 19.1. The van der Waals surface area contributed by atoms with E-state index in [1.807, 2.05) is 19.2 Å². The van der Waals surface area contributed by atoms with E-state index in [9.17, 15) is 4.39 Å². The molecule has 0 bridgehead atoms. The molecule has 0 aliphatic carbocycles. The van der Waals surface area contributed by atoms with Crippen molar-refractivity contribution in [2.45, 2.75) is 6.54 Å². The Labute approximate surface area is 157 Å². The first-order valence-electron chi connectivity index (χ1n) is 9.03. The quantitative estimate of drug-likeness (QED) is 0.333. The summed E-state index contributed by atoms with van der Waals surface area (Å²) in [5.74, 6) is 1.25. The van der Waals surface area contributed by atoms with Crippen molar-refractivity contribution in [1.29, 1.82) is 0 Å². The summed E-state index contributed by atoms with van der Waals surface area (Å²) < 4.78 is 22.3. The number of nitrogens with zero attached hydrogens (tertiary/aromatic N) is 2. The van der Waals surface area contributed by atoms with Crippen LogP contribution in [0.3, 0.4) is 0 Å². The van der Waals surface area contributed by atoms with Crippen LogP contribution in [0.15, 0.2) is 54.6 Å². The van der Waals surface area contributed by atoms with Crippen LogP contribution in [-0.2, 0) is 13.6 Å². The molecule has 0 saturated carbocycles. The second-order valence-corrected chi connectivity index (χ2v) is 7.42. The molecular weight excluding hydrogens is 339 g/mol. The molecule has 27 heavy (non-hydrogen) atoms. The van der Waals surface area contributed by atoms with Gasteiger partial charge in [0.1, 0.15) is 24.4 Å². The van der Waals surface area contributed by atoms with Crippen LogP contribution in [0.1, 0.15) is 5.56 Å². The highest BCUT2D eigenvalue weighted by Crippen LogP contribution is 2.46. The minimum Gasteiger partial charge on any atom is -0.456 e. The smallest absolute Gasteiger partial charge is 0.228 e. The molecule has 0 saturated heterocycles. The normalized spacial score (nSPS) is 12.5. The molecule has 1 aromatic heterocycles. The van der Waals surface area contributed by atoms with Crippen molar-refractivity contribution in [2.24, 2.45) is 7.05 Å². The predicted molar refractivity (Wildman–Crippen MR) is 105 cm³/mol. The van der Waals surface area contributed by atoms with E-state index in [1.165, 1.54) is 17.0 Å². The second kappa shape index (κ2) is 5.76. The van der Waals surface area contributed by atoms with E-state index in [4.69, 9.17) is 4.74 Å². The number of hydrogen-bond donors (Lipinski definition) is 0. The third kappa shape index (κ3) is 2.41. The van der Waals surface area contributed by atoms with Gasteiger partial charge >= 0.3 is 0 Å². The molecular formula is C23H20FN2O+. The molecule has 0 unspecified atom stereocenters. The fourth-order valence-electron chi connectivity index (χ4n) is 4.13. The Bertz CT molecular complexity index is 1230. The summed E-state index contributed by atoms with van der Waals surface area (Å²) in [6, 6.07) is 17.4. The zero-order valence-corrected chi connectivity index (χ0v) is 15.6. The van der Waals surface area contributed by atoms with E-state index in [0.29, 0.717) is 5.75 Å². The number of aromatic nitrogens is 1. The molecule has 4 aromatic rings. The summed E-state index contributed by atoms with van der Waals surface area (Å²) in [4.78, 5) is 2.16. The SMILES string of the molecule is CN(C)Cc1ccc2c3cccc4c3c([n+](C)c2c1)-c1cc(F)ccc1O4. The van der Waals surface area contributed by atoms with Gasteiger partial charge in [0.2, 0.25) is 11.2 Å². The van der Waals surface area contributed by atoms with Gasteiger partial charge < -0.3 is 9.64 Å². The molecule has 2 heterocycles. The van der Waals surface area contributed by atoms with Gasteiger partial charge in [-0.15, -0.1) is 0 Å². The van der Waals surface area contributed by atoms with Crippen LogP contribution in [0.5, 0.6) is 11.5 Å². The second-order valence-electron chi connectivity index (χ2n) is 7.42. The first kappa shape index (κ1) is 16.2. The number of halogens is 1. The summed E-state index contributed by atoms with van der Waals surface area (Å²) >= 11 is 0. The van der Waals surface area contributed by atoms with Crippen molar-refractivity contribution in [2.75, 3.05) is 14.1 Å². The molecule has 0 amide bonds. The van der Waals surface area contributed by atoms with Crippen LogP contribution < -0.4 is 9.30 Å². The van der Waals surface area contributed by atoms with Crippen LogP contribution >= 0.6 is 0 Å². The molecule has 0 fully saturated rings. The van der Waals surface area contributed by atoms with Crippen molar-refractivity contribution in [3.8, 4) is 22.8 Å². The Morgan fingerprint density at radius 1 is 0.963 bits per heavy atom. The largest absolute Gasteiger partial charge is 0.456 e. The lowest BCUT2D eigenvalue weighted by Gasteiger charge is -2.20. The predicted octanol–water partition coefficient (Wildman–Crippen LogP) is 4.79. The number of aryl methyl sites for hydroxylation is 1. The van der Waals surface area contributed by atoms with E-state index in [-0.39, 0.29) is 5.82 Å². The maximum absolute atomic E-state index is 14.0. The molecule has 0 N–H and O–H groups in total. The van der Waals surface area contributed by atoms with Gasteiger partial charge in [-0.2, -0.15) is 4.57 Å². The molecule has 1 aliphatic rings. The van der Waals surface area contributed by atoms with E-state index in [0.717, 1.165) is 39.8 Å². The Morgan fingerprint density at radius 2 is 1.81 bits per heavy atom. The van der Waals surface area contributed by atoms with Gasteiger partial charge in [-0.05, 0) is 50.0 Å². The fraction of sp³-hybridized carbons (Fsp3) is 0.174. The van der Waals surface area contributed by atoms with Gasteiger partial charge in [-0.25, -0.2) is 4.39 Å². The lowest BCUT2D eigenvalue weighted by molar-refractivity contribution is -0.632. The Morgan fingerprint density at radius 3 is 2.63 bits per heavy atom. The number of benzene rings is 3. The van der Waals surface area contributed by atoms with Crippen molar-refractivity contribution >= 4 is 21.7 Å². The highest BCUT2D eigenvalue weighted by Gasteiger charge is 2.30. The van der Waals surface area contributed by atoms with Crippen LogP contribution in [0.4, 0.5) is 4.39 Å². The summed E-state index contributed by atoms with van der Waals surface area (Å²) in [5.41, 5.74) is 4.17. The zero-order valence-electron chi connectivity index (χ0n) is 15.6. The molecule has 3 aromatic carbocycles. The summed E-state index contributed by atoms with van der Waals surface area (Å²) in [6.45, 7) is 0.873. The molecule has 3 nitrogen and oxygen atoms in total. The lowest BCUT2D eigenvalue weighted by atomic mass is 9.95. The topological polar surface area (TPSA) is 16.4 Å². The first-order valence-corrected chi connectivity index (χ1v) is 9.03. The number of pyridine rings is 1. The van der Waals surface area contributed by atoms with E-state index < -0.39 is 0 Å². The summed E-state index contributed by atoms with van der Waals surface area (Å²) in [7, 11) is 6.18. The molecule has 0 radical (unpaired) electrons. The van der Waals surface area contributed by atoms with Gasteiger partial charge in [0, 0.05) is 18.0 Å². The van der Waals surface area contributed by atoms with Crippen molar-refractivity contribution < 1.29 is 13.7 Å². The third-order valence-electron chi connectivity index (χ3n) is 5.23. The number of fused-ring (bicyclic) bond motifs is 4. The Balaban J connectivity index is 1.93. The molecule has 4 heteroatoms. The number of ether oxygens (including phenoxy) is 1. The summed E-state index contributed by atoms with van der Waals surface area (Å²) in [5, 5.41) is 3.33. The number of rotatable bonds is 2. The van der Waals surface area contributed by atoms with E-state index in [1.54, 1.807) is 12.1 Å². The van der Waals surface area contributed by atoms with E-state index >= 15 is 0 Å². The molecule has 5 rings (SSSR count). The van der Waals surface area contributed by atoms with Gasteiger partial charge in [-0.3, -0.25) is 0 Å². The Kier molecular flexibility index (Phi) is 3.46. The van der Waals surface area contributed by atoms with Crippen molar-refractivity contribution in [3.05, 3.63) is 66.0 Å². The molecule has 134 valence electrons. The van der Waals surface area contributed by atoms with Gasteiger partial charge in [0.15, 0.2) is 0 Å². The number of hydrogen-bond acceptors (Lipinski definition) is 2. The maximum atomic E-state index is 14.0. The fourth-order valence-corrected chi connectivity index (χ4v) is 4.13. The first-order chi connectivity index (χ1) is 13.0. The minimum absolute atomic E-state index is 0.258. The van der Waals surface area contributed by atoms with Gasteiger partial charge in [-0.1, -0.05) is 18.2 Å². The highest BCUT2D eigenvalue weighted by molar-refractivity contribution is 6.12. The standard InChI is InChI=1S/C23H20FN2O/c1-25(2)13-14-7-9-16-17-5-4-6-21-22(17)23(26(3)19(16)11-14)18-12-15(24)8-10-20(18)27-21/h4-12H,13H2,1-3H3/q+1. The van der Waals surface area contributed by atoms with Crippen LogP contribution in [-0.4, -0.2) is 19.0 Å². The molecule has 0 atom stereocenters. The maximum Gasteiger partial charge on any atom is 0.228 e. The van der Waals surface area contributed by atoms with Crippen molar-refractivity contribution in [1.82, 2.24) is 4.90 Å². The van der Waals surface area contributed by atoms with Crippen LogP contribution in [0.25, 0.3) is 32.9 Å². The molecule has 0 spiro atoms. The zero-order chi connectivity index (χ0) is 18.7. The van der Waals surface area contributed by atoms with Gasteiger partial charge in [0.05, 0.1) is 16.3 Å². The summed E-state index contributed by atoms with van der Waals surface area (Å²) in [6.07, 6.45) is 0. The van der Waals surface area contributed by atoms with Gasteiger partial charge in [0.25, 0.3) is 0 Å².